The van der Waals surface area contributed by atoms with E-state index in [0.717, 1.165) is 28.4 Å². The second-order valence-corrected chi connectivity index (χ2v) is 8.98. The number of benzene rings is 1. The highest BCUT2D eigenvalue weighted by Crippen LogP contribution is 2.54. The standard InChI is InChI=1S/C22H23N5O2S/c1-4-16-24-13(2)17(30-16)20(28)27-11-9-22(18(27)19-23-10-12-26(19)3)14-7-5-6-8-15(14)25-21(22)29/h5-8,10,12,18H,4,9,11H2,1-3H3,(H,25,29)/t18-,22+/m0/s1. The minimum Gasteiger partial charge on any atom is -0.336 e. The molecule has 0 unspecified atom stereocenters. The molecule has 0 bridgehead atoms. The van der Waals surface area contributed by atoms with Crippen LogP contribution in [0.4, 0.5) is 5.69 Å². The third kappa shape index (κ3) is 2.49. The number of nitrogens with one attached hydrogen (secondary N) is 1. The molecule has 0 aliphatic carbocycles. The van der Waals surface area contributed by atoms with E-state index in [1.54, 1.807) is 6.20 Å². The van der Waals surface area contributed by atoms with Gasteiger partial charge in [-0.05, 0) is 31.4 Å². The first kappa shape index (κ1) is 19.0. The van der Waals surface area contributed by atoms with Crippen molar-refractivity contribution in [2.45, 2.75) is 38.1 Å². The molecular weight excluding hydrogens is 398 g/mol. The maximum absolute atomic E-state index is 13.7. The molecule has 30 heavy (non-hydrogen) atoms. The van der Waals surface area contributed by atoms with E-state index >= 15 is 0 Å². The first-order valence-corrected chi connectivity index (χ1v) is 10.9. The molecule has 2 aliphatic heterocycles. The maximum atomic E-state index is 13.7. The van der Waals surface area contributed by atoms with Crippen LogP contribution < -0.4 is 5.32 Å². The van der Waals surface area contributed by atoms with Crippen LogP contribution in [0.5, 0.6) is 0 Å². The molecule has 2 amide bonds. The number of hydrogen-bond donors (Lipinski definition) is 1. The Balaban J connectivity index is 1.67. The Morgan fingerprint density at radius 1 is 1.37 bits per heavy atom. The van der Waals surface area contributed by atoms with Crippen molar-refractivity contribution in [2.75, 3.05) is 11.9 Å². The van der Waals surface area contributed by atoms with E-state index in [9.17, 15) is 9.59 Å². The minimum absolute atomic E-state index is 0.0673. The molecule has 154 valence electrons. The molecule has 1 fully saturated rings. The van der Waals surface area contributed by atoms with Crippen LogP contribution in [0.15, 0.2) is 36.7 Å². The fourth-order valence-electron chi connectivity index (χ4n) is 4.84. The van der Waals surface area contributed by atoms with Crippen molar-refractivity contribution in [3.8, 4) is 0 Å². The predicted molar refractivity (Wildman–Crippen MR) is 115 cm³/mol. The summed E-state index contributed by atoms with van der Waals surface area (Å²) in [5, 5.41) is 3.99. The average Bonchev–Trinajstić information content (AvgIpc) is 3.48. The van der Waals surface area contributed by atoms with Crippen molar-refractivity contribution in [3.63, 3.8) is 0 Å². The third-order valence-corrected chi connectivity index (χ3v) is 7.58. The number of hydrogen-bond acceptors (Lipinski definition) is 5. The summed E-state index contributed by atoms with van der Waals surface area (Å²) in [5.74, 6) is 0.569. The van der Waals surface area contributed by atoms with Crippen molar-refractivity contribution in [2.24, 2.45) is 7.05 Å². The Morgan fingerprint density at radius 2 is 2.17 bits per heavy atom. The van der Waals surface area contributed by atoms with Crippen molar-refractivity contribution in [1.82, 2.24) is 19.4 Å². The van der Waals surface area contributed by atoms with E-state index in [0.29, 0.717) is 23.7 Å². The van der Waals surface area contributed by atoms with Crippen LogP contribution in [0.3, 0.4) is 0 Å². The summed E-state index contributed by atoms with van der Waals surface area (Å²) in [7, 11) is 1.91. The van der Waals surface area contributed by atoms with Crippen LogP contribution in [0, 0.1) is 6.92 Å². The second kappa shape index (κ2) is 6.77. The number of likely N-dealkylation sites (tertiary alicyclic amines) is 1. The number of anilines is 1. The fourth-order valence-corrected chi connectivity index (χ4v) is 5.80. The molecule has 3 aromatic rings. The third-order valence-electron chi connectivity index (χ3n) is 6.29. The molecule has 4 heterocycles. The first-order chi connectivity index (χ1) is 14.5. The largest absolute Gasteiger partial charge is 0.336 e. The summed E-state index contributed by atoms with van der Waals surface area (Å²) in [6.07, 6.45) is 4.92. The number of thiazole rings is 1. The van der Waals surface area contributed by atoms with E-state index in [2.05, 4.69) is 15.3 Å². The summed E-state index contributed by atoms with van der Waals surface area (Å²) < 4.78 is 1.91. The Morgan fingerprint density at radius 3 is 2.87 bits per heavy atom. The number of para-hydroxylation sites is 1. The highest BCUT2D eigenvalue weighted by molar-refractivity contribution is 7.13. The molecule has 2 aromatic heterocycles. The number of aryl methyl sites for hydroxylation is 3. The fraction of sp³-hybridized carbons (Fsp3) is 0.364. The van der Waals surface area contributed by atoms with Crippen molar-refractivity contribution in [1.29, 1.82) is 0 Å². The molecule has 5 rings (SSSR count). The summed E-state index contributed by atoms with van der Waals surface area (Å²) in [6.45, 7) is 4.40. The number of aromatic nitrogens is 3. The van der Waals surface area contributed by atoms with Crippen molar-refractivity contribution >= 4 is 28.8 Å². The van der Waals surface area contributed by atoms with Gasteiger partial charge < -0.3 is 14.8 Å². The van der Waals surface area contributed by atoms with Gasteiger partial charge in [-0.3, -0.25) is 9.59 Å². The molecular formula is C22H23N5O2S. The Bertz CT molecular complexity index is 1170. The van der Waals surface area contributed by atoms with E-state index in [-0.39, 0.29) is 11.8 Å². The summed E-state index contributed by atoms with van der Waals surface area (Å²) in [5.41, 5.74) is 1.65. The van der Waals surface area contributed by atoms with Gasteiger partial charge in [-0.25, -0.2) is 9.97 Å². The lowest BCUT2D eigenvalue weighted by Gasteiger charge is -2.33. The Labute approximate surface area is 178 Å². The number of rotatable bonds is 3. The molecule has 1 N–H and O–H groups in total. The Hall–Kier alpha value is -3.00. The molecule has 0 radical (unpaired) electrons. The van der Waals surface area contributed by atoms with Crippen LogP contribution in [0.25, 0.3) is 0 Å². The van der Waals surface area contributed by atoms with Crippen LogP contribution in [-0.2, 0) is 23.7 Å². The quantitative estimate of drug-likeness (QED) is 0.704. The number of nitrogens with zero attached hydrogens (tertiary/aromatic N) is 4. The predicted octanol–water partition coefficient (Wildman–Crippen LogP) is 3.22. The normalized spacial score (nSPS) is 22.6. The average molecular weight is 422 g/mol. The SMILES string of the molecule is CCc1nc(C)c(C(=O)N2CC[C@]3(C(=O)Nc4ccccc43)[C@@H]2c2nccn2C)s1. The maximum Gasteiger partial charge on any atom is 0.266 e. The second-order valence-electron chi connectivity index (χ2n) is 7.89. The molecule has 1 saturated heterocycles. The number of fused-ring (bicyclic) bond motifs is 2. The molecule has 2 atom stereocenters. The minimum atomic E-state index is -0.850. The molecule has 8 heteroatoms. The topological polar surface area (TPSA) is 80.1 Å². The van der Waals surface area contributed by atoms with E-state index in [1.807, 2.05) is 60.8 Å². The highest BCUT2D eigenvalue weighted by atomic mass is 32.1. The van der Waals surface area contributed by atoms with Crippen LogP contribution in [-0.4, -0.2) is 37.8 Å². The van der Waals surface area contributed by atoms with E-state index in [4.69, 9.17) is 0 Å². The van der Waals surface area contributed by atoms with Crippen LogP contribution >= 0.6 is 11.3 Å². The number of carbonyl (C=O) groups excluding carboxylic acids is 2. The lowest BCUT2D eigenvalue weighted by molar-refractivity contribution is -0.121. The van der Waals surface area contributed by atoms with E-state index in [1.165, 1.54) is 11.3 Å². The monoisotopic (exact) mass is 421 g/mol. The van der Waals surface area contributed by atoms with Gasteiger partial charge in [0.2, 0.25) is 5.91 Å². The van der Waals surface area contributed by atoms with Gasteiger partial charge in [-0.1, -0.05) is 25.1 Å². The van der Waals surface area contributed by atoms with Gasteiger partial charge in [0, 0.05) is 31.7 Å². The molecule has 2 aliphatic rings. The molecule has 1 aromatic carbocycles. The summed E-state index contributed by atoms with van der Waals surface area (Å²) >= 11 is 1.45. The van der Waals surface area contributed by atoms with Gasteiger partial charge in [0.15, 0.2) is 0 Å². The van der Waals surface area contributed by atoms with Gasteiger partial charge in [0.25, 0.3) is 5.91 Å². The molecule has 1 spiro atoms. The number of imidazole rings is 1. The Kier molecular flexibility index (Phi) is 4.28. The van der Waals surface area contributed by atoms with E-state index < -0.39 is 11.5 Å². The summed E-state index contributed by atoms with van der Waals surface area (Å²) in [4.78, 5) is 38.7. The number of amides is 2. The lowest BCUT2D eigenvalue weighted by Crippen LogP contribution is -2.43. The lowest BCUT2D eigenvalue weighted by atomic mass is 9.74. The molecule has 7 nitrogen and oxygen atoms in total. The van der Waals surface area contributed by atoms with Gasteiger partial charge in [-0.2, -0.15) is 0 Å². The van der Waals surface area contributed by atoms with Gasteiger partial charge >= 0.3 is 0 Å². The smallest absolute Gasteiger partial charge is 0.266 e. The zero-order chi connectivity index (χ0) is 21.0. The number of carbonyl (C=O) groups is 2. The van der Waals surface area contributed by atoms with Gasteiger partial charge in [-0.15, -0.1) is 11.3 Å². The van der Waals surface area contributed by atoms with Crippen molar-refractivity contribution < 1.29 is 9.59 Å². The van der Waals surface area contributed by atoms with Crippen LogP contribution in [0.2, 0.25) is 0 Å². The van der Waals surface area contributed by atoms with Crippen LogP contribution in [0.1, 0.15) is 51.1 Å². The first-order valence-electron chi connectivity index (χ1n) is 10.1. The van der Waals surface area contributed by atoms with Gasteiger partial charge in [0.1, 0.15) is 22.2 Å². The van der Waals surface area contributed by atoms with Gasteiger partial charge in [0.05, 0.1) is 10.7 Å². The zero-order valence-corrected chi connectivity index (χ0v) is 18.0. The molecule has 0 saturated carbocycles. The highest BCUT2D eigenvalue weighted by Gasteiger charge is 2.60. The zero-order valence-electron chi connectivity index (χ0n) is 17.2. The van der Waals surface area contributed by atoms with Crippen molar-refractivity contribution in [3.05, 3.63) is 63.6 Å². The summed E-state index contributed by atoms with van der Waals surface area (Å²) in [6, 6.07) is 7.29.